The first kappa shape index (κ1) is 17.1. The summed E-state index contributed by atoms with van der Waals surface area (Å²) in [6, 6.07) is 0. The van der Waals surface area contributed by atoms with Crippen molar-refractivity contribution in [2.24, 2.45) is 16.7 Å². The standard InChI is InChI=1S/C20H31NO/c1-7-16(8-2)18(22)21-13-19(6)12-17(15(4)5)10-11-20(19,9-3)14-21/h7-8,17H,1,4,9-14H2,2-3,5-6H3/b16-8+/t17?,19-,20+/m0/s1. The molecule has 2 fully saturated rings. The molecule has 0 bridgehead atoms. The van der Waals surface area contributed by atoms with Crippen molar-refractivity contribution in [3.8, 4) is 0 Å². The summed E-state index contributed by atoms with van der Waals surface area (Å²) < 4.78 is 0. The van der Waals surface area contributed by atoms with Crippen LogP contribution in [0.4, 0.5) is 0 Å². The van der Waals surface area contributed by atoms with Gasteiger partial charge in [0.05, 0.1) is 0 Å². The van der Waals surface area contributed by atoms with Gasteiger partial charge in [-0.1, -0.05) is 44.7 Å². The molecule has 3 atom stereocenters. The Bertz CT molecular complexity index is 518. The van der Waals surface area contributed by atoms with Crippen LogP contribution >= 0.6 is 0 Å². The number of carbonyl (C=O) groups excluding carboxylic acids is 1. The number of amides is 1. The Morgan fingerprint density at radius 1 is 1.41 bits per heavy atom. The van der Waals surface area contributed by atoms with E-state index in [1.807, 2.05) is 13.0 Å². The normalized spacial score (nSPS) is 35.2. The van der Waals surface area contributed by atoms with Crippen LogP contribution < -0.4 is 0 Å². The van der Waals surface area contributed by atoms with Crippen LogP contribution in [0, 0.1) is 16.7 Å². The van der Waals surface area contributed by atoms with E-state index in [4.69, 9.17) is 0 Å². The average molecular weight is 301 g/mol. The zero-order valence-corrected chi connectivity index (χ0v) is 14.7. The Labute approximate surface area is 136 Å². The van der Waals surface area contributed by atoms with E-state index in [9.17, 15) is 4.79 Å². The van der Waals surface area contributed by atoms with Crippen LogP contribution in [-0.4, -0.2) is 23.9 Å². The van der Waals surface area contributed by atoms with E-state index >= 15 is 0 Å². The predicted molar refractivity (Wildman–Crippen MR) is 93.5 cm³/mol. The third kappa shape index (κ3) is 2.57. The summed E-state index contributed by atoms with van der Waals surface area (Å²) in [5.41, 5.74) is 2.51. The highest BCUT2D eigenvalue weighted by Gasteiger charge is 2.57. The molecule has 122 valence electrons. The summed E-state index contributed by atoms with van der Waals surface area (Å²) in [6.45, 7) is 18.5. The molecule has 22 heavy (non-hydrogen) atoms. The van der Waals surface area contributed by atoms with Gasteiger partial charge >= 0.3 is 0 Å². The number of likely N-dealkylation sites (tertiary alicyclic amines) is 1. The highest BCUT2D eigenvalue weighted by molar-refractivity contribution is 5.96. The topological polar surface area (TPSA) is 20.3 Å². The molecule has 0 spiro atoms. The van der Waals surface area contributed by atoms with Crippen molar-refractivity contribution in [2.45, 2.75) is 53.4 Å². The lowest BCUT2D eigenvalue weighted by Crippen LogP contribution is -2.44. The molecular weight excluding hydrogens is 270 g/mol. The van der Waals surface area contributed by atoms with Crippen molar-refractivity contribution in [3.05, 3.63) is 36.5 Å². The lowest BCUT2D eigenvalue weighted by Gasteiger charge is -2.49. The number of nitrogens with zero attached hydrogens (tertiary/aromatic N) is 1. The first-order valence-electron chi connectivity index (χ1n) is 8.56. The van der Waals surface area contributed by atoms with Crippen LogP contribution in [0.5, 0.6) is 0 Å². The molecule has 2 aliphatic rings. The molecule has 1 saturated carbocycles. The van der Waals surface area contributed by atoms with Gasteiger partial charge in [-0.05, 0) is 56.3 Å². The quantitative estimate of drug-likeness (QED) is 0.417. The second kappa shape index (κ2) is 6.06. The van der Waals surface area contributed by atoms with Crippen LogP contribution in [0.3, 0.4) is 0 Å². The van der Waals surface area contributed by atoms with Crippen molar-refractivity contribution in [1.29, 1.82) is 0 Å². The fourth-order valence-electron chi connectivity index (χ4n) is 4.75. The van der Waals surface area contributed by atoms with Gasteiger partial charge in [0.1, 0.15) is 0 Å². The summed E-state index contributed by atoms with van der Waals surface area (Å²) in [4.78, 5) is 14.8. The predicted octanol–water partition coefficient (Wildman–Crippen LogP) is 4.74. The molecule has 2 heteroatoms. The lowest BCUT2D eigenvalue weighted by molar-refractivity contribution is -0.126. The van der Waals surface area contributed by atoms with Crippen LogP contribution in [0.15, 0.2) is 36.5 Å². The maximum Gasteiger partial charge on any atom is 0.253 e. The molecule has 1 heterocycles. The zero-order valence-electron chi connectivity index (χ0n) is 14.7. The Morgan fingerprint density at radius 2 is 2.09 bits per heavy atom. The largest absolute Gasteiger partial charge is 0.338 e. The third-order valence-corrected chi connectivity index (χ3v) is 6.42. The minimum absolute atomic E-state index is 0.146. The fourth-order valence-corrected chi connectivity index (χ4v) is 4.75. The van der Waals surface area contributed by atoms with Gasteiger partial charge in [0.2, 0.25) is 0 Å². The summed E-state index contributed by atoms with van der Waals surface area (Å²) in [5.74, 6) is 0.758. The van der Waals surface area contributed by atoms with Gasteiger partial charge in [-0.15, -0.1) is 0 Å². The van der Waals surface area contributed by atoms with Gasteiger partial charge in [-0.3, -0.25) is 4.79 Å². The molecule has 0 radical (unpaired) electrons. The molecule has 0 aromatic rings. The minimum atomic E-state index is 0.146. The van der Waals surface area contributed by atoms with Gasteiger partial charge in [-0.25, -0.2) is 0 Å². The third-order valence-electron chi connectivity index (χ3n) is 6.42. The van der Waals surface area contributed by atoms with Crippen molar-refractivity contribution in [1.82, 2.24) is 4.90 Å². The molecule has 0 aromatic carbocycles. The number of allylic oxidation sites excluding steroid dienone is 2. The second-order valence-electron chi connectivity index (χ2n) is 7.59. The summed E-state index contributed by atoms with van der Waals surface area (Å²) in [6.07, 6.45) is 8.30. The van der Waals surface area contributed by atoms with Gasteiger partial charge in [0.15, 0.2) is 0 Å². The number of hydrogen-bond donors (Lipinski definition) is 0. The molecule has 0 N–H and O–H groups in total. The van der Waals surface area contributed by atoms with E-state index in [2.05, 4.69) is 38.8 Å². The molecule has 2 nitrogen and oxygen atoms in total. The molecule has 0 aromatic heterocycles. The summed E-state index contributed by atoms with van der Waals surface area (Å²) in [7, 11) is 0. The number of carbonyl (C=O) groups is 1. The maximum atomic E-state index is 12.7. The number of hydrogen-bond acceptors (Lipinski definition) is 1. The first-order chi connectivity index (χ1) is 10.3. The Morgan fingerprint density at radius 3 is 2.59 bits per heavy atom. The van der Waals surface area contributed by atoms with Crippen molar-refractivity contribution < 1.29 is 4.79 Å². The molecule has 1 saturated heterocycles. The van der Waals surface area contributed by atoms with Crippen LogP contribution in [0.25, 0.3) is 0 Å². The summed E-state index contributed by atoms with van der Waals surface area (Å²) >= 11 is 0. The van der Waals surface area contributed by atoms with Gasteiger partial charge in [0.25, 0.3) is 5.91 Å². The molecular formula is C20H31NO. The van der Waals surface area contributed by atoms with Crippen LogP contribution in [0.1, 0.15) is 53.4 Å². The van der Waals surface area contributed by atoms with E-state index < -0.39 is 0 Å². The maximum absolute atomic E-state index is 12.7. The lowest BCUT2D eigenvalue weighted by atomic mass is 9.54. The van der Waals surface area contributed by atoms with E-state index in [1.54, 1.807) is 6.08 Å². The van der Waals surface area contributed by atoms with Crippen molar-refractivity contribution >= 4 is 5.91 Å². The van der Waals surface area contributed by atoms with Crippen molar-refractivity contribution in [2.75, 3.05) is 13.1 Å². The highest BCUT2D eigenvalue weighted by Crippen LogP contribution is 2.59. The number of fused-ring (bicyclic) bond motifs is 1. The molecule has 2 rings (SSSR count). The van der Waals surface area contributed by atoms with Crippen LogP contribution in [0.2, 0.25) is 0 Å². The second-order valence-corrected chi connectivity index (χ2v) is 7.59. The monoisotopic (exact) mass is 301 g/mol. The van der Waals surface area contributed by atoms with E-state index in [0.717, 1.165) is 25.1 Å². The highest BCUT2D eigenvalue weighted by atomic mass is 16.2. The van der Waals surface area contributed by atoms with E-state index in [-0.39, 0.29) is 16.7 Å². The smallest absolute Gasteiger partial charge is 0.253 e. The van der Waals surface area contributed by atoms with E-state index in [0.29, 0.717) is 5.92 Å². The zero-order chi connectivity index (χ0) is 16.5. The molecule has 1 aliphatic carbocycles. The Balaban J connectivity index is 2.28. The Kier molecular flexibility index (Phi) is 4.70. The summed E-state index contributed by atoms with van der Waals surface area (Å²) in [5, 5.41) is 0. The molecule has 1 unspecified atom stereocenters. The van der Waals surface area contributed by atoms with E-state index in [1.165, 1.54) is 24.8 Å². The van der Waals surface area contributed by atoms with Gasteiger partial charge < -0.3 is 4.90 Å². The van der Waals surface area contributed by atoms with Gasteiger partial charge in [-0.2, -0.15) is 0 Å². The van der Waals surface area contributed by atoms with Gasteiger partial charge in [0, 0.05) is 18.7 Å². The number of rotatable bonds is 4. The van der Waals surface area contributed by atoms with Crippen LogP contribution in [-0.2, 0) is 4.79 Å². The average Bonchev–Trinajstić information content (AvgIpc) is 2.80. The molecule has 1 amide bonds. The first-order valence-corrected chi connectivity index (χ1v) is 8.56. The minimum Gasteiger partial charge on any atom is -0.338 e. The fraction of sp³-hybridized carbons (Fsp3) is 0.650. The molecule has 1 aliphatic heterocycles. The van der Waals surface area contributed by atoms with Crippen molar-refractivity contribution in [3.63, 3.8) is 0 Å². The Hall–Kier alpha value is -1.31. The SMILES string of the molecule is C=C/C(=C\C)C(=O)N1C[C@]2(C)CC(C(=C)C)CC[C@]2(CC)C1.